The van der Waals surface area contributed by atoms with Crippen LogP contribution in [-0.4, -0.2) is 72.6 Å². The third kappa shape index (κ3) is 5.38. The van der Waals surface area contributed by atoms with E-state index in [1.54, 1.807) is 4.90 Å². The molecule has 0 aromatic carbocycles. The molecule has 1 fully saturated rings. The van der Waals surface area contributed by atoms with Gasteiger partial charge in [-0.25, -0.2) is 0 Å². The number of piperazine rings is 1. The molecule has 92 valence electrons. The Balaban J connectivity index is 0. The van der Waals surface area contributed by atoms with Gasteiger partial charge in [-0.15, -0.1) is 0 Å². The van der Waals surface area contributed by atoms with Gasteiger partial charge >= 0.3 is 51.4 Å². The monoisotopic (exact) mass is 278 g/mol. The topological polar surface area (TPSA) is 81.1 Å². The summed E-state index contributed by atoms with van der Waals surface area (Å²) >= 11 is 0. The van der Waals surface area contributed by atoms with E-state index in [-0.39, 0.29) is 59.4 Å². The van der Waals surface area contributed by atoms with Crippen molar-refractivity contribution in [2.75, 3.05) is 39.3 Å². The minimum atomic E-state index is -3.97. The van der Waals surface area contributed by atoms with Crippen LogP contribution in [0.1, 0.15) is 8.35 Å². The number of β-amino-alcohol motifs (C(OH)–C–C–N with tert-alkyl or cyclic N) is 1. The van der Waals surface area contributed by atoms with Gasteiger partial charge in [0, 0.05) is 32.7 Å². The SMILES string of the molecule is CC(N1CCN(CCO)CC1)S(=O)(=O)O.[H-].[K+]. The Hall–Kier alpha value is 1.43. The standard InChI is InChI=1S/C8H18N2O4S.K.H/c1-8(15(12,13)14)10-4-2-9(3-5-10)6-7-11;;/h8,11H,2-7H2,1H3,(H,12,13,14);;/q;+1;-1. The van der Waals surface area contributed by atoms with Gasteiger partial charge < -0.3 is 6.53 Å². The second-order valence-electron chi connectivity index (χ2n) is 3.72. The zero-order chi connectivity index (χ0) is 11.5. The van der Waals surface area contributed by atoms with Crippen LogP contribution in [0.25, 0.3) is 0 Å². The Labute approximate surface area is 141 Å². The minimum Gasteiger partial charge on any atom is -1.00 e. The van der Waals surface area contributed by atoms with Crippen molar-refractivity contribution in [3.8, 4) is 0 Å². The molecule has 1 atom stereocenters. The number of hydrogen-bond acceptors (Lipinski definition) is 5. The molecule has 0 aromatic heterocycles. The molecule has 1 aliphatic heterocycles. The molecule has 1 rings (SSSR count). The summed E-state index contributed by atoms with van der Waals surface area (Å²) in [5.41, 5.74) is 0. The Morgan fingerprint density at radius 3 is 2.19 bits per heavy atom. The van der Waals surface area contributed by atoms with Gasteiger partial charge in [-0.1, -0.05) is 0 Å². The van der Waals surface area contributed by atoms with E-state index in [2.05, 4.69) is 4.90 Å². The maximum Gasteiger partial charge on any atom is 1.00 e. The molecule has 1 aliphatic rings. The zero-order valence-electron chi connectivity index (χ0n) is 10.8. The molecule has 0 aliphatic carbocycles. The summed E-state index contributed by atoms with van der Waals surface area (Å²) in [7, 11) is -3.97. The quantitative estimate of drug-likeness (QED) is 0.402. The van der Waals surface area contributed by atoms with Gasteiger partial charge in [0.1, 0.15) is 5.37 Å². The van der Waals surface area contributed by atoms with Crippen molar-refractivity contribution in [3.63, 3.8) is 0 Å². The first kappa shape index (κ1) is 17.4. The van der Waals surface area contributed by atoms with Crippen LogP contribution >= 0.6 is 0 Å². The summed E-state index contributed by atoms with van der Waals surface area (Å²) in [5, 5.41) is 7.89. The Morgan fingerprint density at radius 2 is 1.81 bits per heavy atom. The summed E-state index contributed by atoms with van der Waals surface area (Å²) in [6, 6.07) is 0. The van der Waals surface area contributed by atoms with Gasteiger partial charge in [0.05, 0.1) is 6.61 Å². The molecule has 0 bridgehead atoms. The van der Waals surface area contributed by atoms with E-state index in [1.807, 2.05) is 0 Å². The molecule has 0 radical (unpaired) electrons. The summed E-state index contributed by atoms with van der Waals surface area (Å²) in [5.74, 6) is 0. The van der Waals surface area contributed by atoms with Crippen LogP contribution in [0.15, 0.2) is 0 Å². The predicted molar refractivity (Wildman–Crippen MR) is 57.2 cm³/mol. The first-order chi connectivity index (χ1) is 6.95. The maximum absolute atomic E-state index is 10.9. The van der Waals surface area contributed by atoms with Gasteiger partial charge in [-0.3, -0.25) is 14.4 Å². The van der Waals surface area contributed by atoms with Crippen molar-refractivity contribution < 1.29 is 70.9 Å². The van der Waals surface area contributed by atoms with E-state index in [0.717, 1.165) is 13.1 Å². The molecule has 1 saturated heterocycles. The van der Waals surface area contributed by atoms with Crippen LogP contribution in [0, 0.1) is 0 Å². The number of aliphatic hydroxyl groups excluding tert-OH is 1. The van der Waals surface area contributed by atoms with Crippen molar-refractivity contribution in [2.45, 2.75) is 12.3 Å². The number of hydrogen-bond donors (Lipinski definition) is 2. The van der Waals surface area contributed by atoms with E-state index in [0.29, 0.717) is 19.6 Å². The molecular weight excluding hydrogens is 259 g/mol. The fourth-order valence-corrected chi connectivity index (χ4v) is 2.27. The van der Waals surface area contributed by atoms with Crippen LogP contribution in [0.5, 0.6) is 0 Å². The average molecular weight is 278 g/mol. The molecule has 6 nitrogen and oxygen atoms in total. The van der Waals surface area contributed by atoms with Crippen molar-refractivity contribution in [3.05, 3.63) is 0 Å². The Morgan fingerprint density at radius 1 is 1.31 bits per heavy atom. The molecular formula is C8H19KN2O4S. The summed E-state index contributed by atoms with van der Waals surface area (Å²) in [6.45, 7) is 4.86. The van der Waals surface area contributed by atoms with Crippen LogP contribution in [0.3, 0.4) is 0 Å². The Kier molecular flexibility index (Phi) is 8.47. The molecule has 0 spiro atoms. The zero-order valence-corrected chi connectivity index (χ0v) is 13.8. The van der Waals surface area contributed by atoms with Crippen LogP contribution in [0.4, 0.5) is 0 Å². The number of rotatable bonds is 4. The fourth-order valence-electron chi connectivity index (χ4n) is 1.68. The van der Waals surface area contributed by atoms with Gasteiger partial charge in [-0.2, -0.15) is 8.42 Å². The number of aliphatic hydroxyl groups is 1. The van der Waals surface area contributed by atoms with E-state index in [1.165, 1.54) is 6.92 Å². The summed E-state index contributed by atoms with van der Waals surface area (Å²) in [6.07, 6.45) is 0. The first-order valence-corrected chi connectivity index (χ1v) is 6.49. The first-order valence-electron chi connectivity index (χ1n) is 4.98. The summed E-state index contributed by atoms with van der Waals surface area (Å²) < 4.78 is 30.7. The molecule has 8 heteroatoms. The smallest absolute Gasteiger partial charge is 1.00 e. The molecule has 1 unspecified atom stereocenters. The van der Waals surface area contributed by atoms with Crippen molar-refractivity contribution in [1.29, 1.82) is 0 Å². The minimum absolute atomic E-state index is 0. The van der Waals surface area contributed by atoms with Crippen LogP contribution < -0.4 is 51.4 Å². The van der Waals surface area contributed by atoms with Crippen LogP contribution in [0.2, 0.25) is 0 Å². The number of nitrogens with zero attached hydrogens (tertiary/aromatic N) is 2. The van der Waals surface area contributed by atoms with Gasteiger partial charge in [-0.05, 0) is 6.92 Å². The van der Waals surface area contributed by atoms with Crippen LogP contribution in [-0.2, 0) is 10.1 Å². The molecule has 0 aromatic rings. The van der Waals surface area contributed by atoms with E-state index >= 15 is 0 Å². The second kappa shape index (κ2) is 7.77. The predicted octanol–water partition coefficient (Wildman–Crippen LogP) is -4.05. The maximum atomic E-state index is 10.9. The molecule has 0 amide bonds. The molecule has 1 heterocycles. The van der Waals surface area contributed by atoms with Crippen molar-refractivity contribution in [1.82, 2.24) is 9.80 Å². The molecule has 2 N–H and O–H groups in total. The molecule has 0 saturated carbocycles. The normalized spacial score (nSPS) is 21.4. The second-order valence-corrected chi connectivity index (χ2v) is 5.43. The fraction of sp³-hybridized carbons (Fsp3) is 1.00. The van der Waals surface area contributed by atoms with E-state index in [9.17, 15) is 8.42 Å². The van der Waals surface area contributed by atoms with E-state index < -0.39 is 15.5 Å². The van der Waals surface area contributed by atoms with Gasteiger partial charge in [0.25, 0.3) is 10.1 Å². The summed E-state index contributed by atoms with van der Waals surface area (Å²) in [4.78, 5) is 3.79. The average Bonchev–Trinajstić information content (AvgIpc) is 2.17. The third-order valence-corrected chi connectivity index (χ3v) is 3.93. The van der Waals surface area contributed by atoms with E-state index in [4.69, 9.17) is 9.66 Å². The molecule has 16 heavy (non-hydrogen) atoms. The third-order valence-electron chi connectivity index (χ3n) is 2.77. The van der Waals surface area contributed by atoms with Gasteiger partial charge in [0.2, 0.25) is 0 Å². The largest absolute Gasteiger partial charge is 1.00 e. The van der Waals surface area contributed by atoms with Crippen molar-refractivity contribution in [2.24, 2.45) is 0 Å². The Bertz CT molecular complexity index is 296. The van der Waals surface area contributed by atoms with Crippen molar-refractivity contribution >= 4 is 10.1 Å². The van der Waals surface area contributed by atoms with Gasteiger partial charge in [0.15, 0.2) is 0 Å².